The van der Waals surface area contributed by atoms with Crippen molar-refractivity contribution >= 4 is 60.8 Å². The fraction of sp³-hybridized carbons (Fsp3) is 0. The van der Waals surface area contributed by atoms with Gasteiger partial charge in [-0.1, -0.05) is 133 Å². The third-order valence-electron chi connectivity index (χ3n) is 10.7. The van der Waals surface area contributed by atoms with Crippen molar-refractivity contribution in [1.29, 1.82) is 0 Å². The van der Waals surface area contributed by atoms with Crippen molar-refractivity contribution in [2.45, 2.75) is 0 Å². The second kappa shape index (κ2) is 13.5. The van der Waals surface area contributed by atoms with Crippen LogP contribution in [0.3, 0.4) is 0 Å². The average Bonchev–Trinajstić information content (AvgIpc) is 3.83. The summed E-state index contributed by atoms with van der Waals surface area (Å²) >= 11 is 0. The Morgan fingerprint density at radius 1 is 0.351 bits per heavy atom. The van der Waals surface area contributed by atoms with E-state index in [4.69, 9.17) is 19.4 Å². The van der Waals surface area contributed by atoms with Crippen molar-refractivity contribution in [2.24, 2.45) is 0 Å². The molecule has 0 atom stereocenters. The molecule has 0 fully saturated rings. The highest BCUT2D eigenvalue weighted by Crippen LogP contribution is 2.40. The van der Waals surface area contributed by atoms with Gasteiger partial charge in [0.25, 0.3) is 0 Å². The van der Waals surface area contributed by atoms with Crippen LogP contribution >= 0.6 is 0 Å². The molecule has 0 aliphatic rings. The van der Waals surface area contributed by atoms with Crippen molar-refractivity contribution in [1.82, 2.24) is 19.5 Å². The number of benzene rings is 8. The van der Waals surface area contributed by atoms with Crippen molar-refractivity contribution in [3.8, 4) is 39.9 Å². The fourth-order valence-electron chi connectivity index (χ4n) is 7.95. The van der Waals surface area contributed by atoms with Gasteiger partial charge in [-0.3, -0.25) is 4.57 Å². The first-order chi connectivity index (χ1) is 28.2. The Labute approximate surface area is 328 Å². The molecule has 0 N–H and O–H groups in total. The quantitative estimate of drug-likeness (QED) is 0.163. The Morgan fingerprint density at radius 2 is 0.877 bits per heavy atom. The minimum absolute atomic E-state index is 0.559. The van der Waals surface area contributed by atoms with Crippen molar-refractivity contribution in [3.63, 3.8) is 0 Å². The Morgan fingerprint density at radius 3 is 1.56 bits per heavy atom. The van der Waals surface area contributed by atoms with E-state index in [1.807, 2.05) is 48.5 Å². The molecule has 11 rings (SSSR count). The molecule has 0 aliphatic carbocycles. The molecule has 0 amide bonds. The lowest BCUT2D eigenvalue weighted by atomic mass is 10.0. The molecule has 57 heavy (non-hydrogen) atoms. The summed E-state index contributed by atoms with van der Waals surface area (Å²) in [5.41, 5.74) is 10.9. The molecule has 3 heterocycles. The maximum Gasteiger partial charge on any atom is 0.238 e. The molecule has 6 nitrogen and oxygen atoms in total. The average molecular weight is 732 g/mol. The first kappa shape index (κ1) is 32.6. The topological polar surface area (TPSA) is 60.0 Å². The number of aromatic nitrogens is 4. The molecule has 0 bridgehead atoms. The van der Waals surface area contributed by atoms with E-state index in [0.717, 1.165) is 71.9 Å². The van der Waals surface area contributed by atoms with Crippen molar-refractivity contribution in [2.75, 3.05) is 4.90 Å². The predicted octanol–water partition coefficient (Wildman–Crippen LogP) is 13.3. The molecule has 0 saturated heterocycles. The van der Waals surface area contributed by atoms with Gasteiger partial charge >= 0.3 is 0 Å². The van der Waals surface area contributed by atoms with Crippen molar-refractivity contribution < 1.29 is 4.42 Å². The first-order valence-corrected chi connectivity index (χ1v) is 19.0. The van der Waals surface area contributed by atoms with E-state index >= 15 is 0 Å². The van der Waals surface area contributed by atoms with Gasteiger partial charge in [-0.15, -0.1) is 0 Å². The highest BCUT2D eigenvalue weighted by Gasteiger charge is 2.20. The summed E-state index contributed by atoms with van der Waals surface area (Å²) in [5.74, 6) is 1.73. The number of para-hydroxylation sites is 3. The van der Waals surface area contributed by atoms with Crippen LogP contribution in [0.2, 0.25) is 0 Å². The van der Waals surface area contributed by atoms with Crippen molar-refractivity contribution in [3.05, 3.63) is 200 Å². The molecule has 6 heteroatoms. The zero-order valence-electron chi connectivity index (χ0n) is 30.7. The fourth-order valence-corrected chi connectivity index (χ4v) is 7.95. The number of anilines is 3. The summed E-state index contributed by atoms with van der Waals surface area (Å²) in [6, 6.07) is 69.2. The minimum Gasteiger partial charge on any atom is -0.456 e. The van der Waals surface area contributed by atoms with Crippen LogP contribution in [0.15, 0.2) is 205 Å². The highest BCUT2D eigenvalue weighted by molar-refractivity contribution is 6.09. The van der Waals surface area contributed by atoms with Crippen LogP contribution in [-0.4, -0.2) is 19.5 Å². The van der Waals surface area contributed by atoms with E-state index in [1.165, 1.54) is 11.1 Å². The van der Waals surface area contributed by atoms with Crippen LogP contribution in [0.25, 0.3) is 83.6 Å². The second-order valence-electron chi connectivity index (χ2n) is 14.1. The summed E-state index contributed by atoms with van der Waals surface area (Å²) in [4.78, 5) is 17.6. The lowest BCUT2D eigenvalue weighted by Gasteiger charge is -2.25. The molecule has 0 spiro atoms. The second-order valence-corrected chi connectivity index (χ2v) is 14.1. The highest BCUT2D eigenvalue weighted by atomic mass is 16.3. The number of rotatable bonds is 7. The standard InChI is InChI=1S/C51H33N5O/c1-4-14-34(15-5-1)35-24-27-39(28-25-35)55(38-18-8-3-9-19-38)40-29-31-47-44(33-40)43-30-26-37(32-48(43)57-47)50-52-49(36-16-6-2-7-17-36)53-51(54-50)56-45-22-12-10-20-41(45)42-21-11-13-23-46(42)56/h1-33H. The molecule has 8 aromatic carbocycles. The molecular formula is C51H33N5O. The van der Waals surface area contributed by atoms with Gasteiger partial charge in [-0.05, 0) is 77.9 Å². The zero-order chi connectivity index (χ0) is 37.7. The summed E-state index contributed by atoms with van der Waals surface area (Å²) in [7, 11) is 0. The number of hydrogen-bond acceptors (Lipinski definition) is 5. The molecule has 0 aliphatic heterocycles. The van der Waals surface area contributed by atoms with Gasteiger partial charge in [-0.2, -0.15) is 9.97 Å². The Hall–Kier alpha value is -7.83. The predicted molar refractivity (Wildman–Crippen MR) is 232 cm³/mol. The third-order valence-corrected chi connectivity index (χ3v) is 10.7. The maximum atomic E-state index is 6.56. The number of furan rings is 1. The van der Waals surface area contributed by atoms with E-state index in [9.17, 15) is 0 Å². The molecule has 3 aromatic heterocycles. The SMILES string of the molecule is c1ccc(-c2ccc(N(c3ccccc3)c3ccc4oc5cc(-c6nc(-c7ccccc7)nc(-n7c8ccccc8c8ccccc87)n6)ccc5c4c3)cc2)cc1. The number of hydrogen-bond donors (Lipinski definition) is 0. The Bertz CT molecular complexity index is 3170. The molecular weight excluding hydrogens is 699 g/mol. The van der Waals surface area contributed by atoms with E-state index in [0.29, 0.717) is 17.6 Å². The van der Waals surface area contributed by atoms with E-state index in [-0.39, 0.29) is 0 Å². The molecule has 268 valence electrons. The van der Waals surface area contributed by atoms with Crippen LogP contribution in [-0.2, 0) is 0 Å². The van der Waals surface area contributed by atoms with Gasteiger partial charge in [0, 0.05) is 49.7 Å². The molecule has 0 unspecified atom stereocenters. The lowest BCUT2D eigenvalue weighted by Crippen LogP contribution is -2.09. The molecule has 0 saturated carbocycles. The number of nitrogens with zero attached hydrogens (tertiary/aromatic N) is 5. The van der Waals surface area contributed by atoms with Gasteiger partial charge < -0.3 is 9.32 Å². The summed E-state index contributed by atoms with van der Waals surface area (Å²) in [5, 5.41) is 4.34. The lowest BCUT2D eigenvalue weighted by molar-refractivity contribution is 0.669. The molecule has 11 aromatic rings. The van der Waals surface area contributed by atoms with Gasteiger partial charge in [0.05, 0.1) is 11.0 Å². The van der Waals surface area contributed by atoms with Gasteiger partial charge in [0.2, 0.25) is 5.95 Å². The first-order valence-electron chi connectivity index (χ1n) is 19.0. The Balaban J connectivity index is 1.03. The van der Waals surface area contributed by atoms with Crippen LogP contribution < -0.4 is 4.90 Å². The minimum atomic E-state index is 0.559. The number of fused-ring (bicyclic) bond motifs is 6. The van der Waals surface area contributed by atoms with Gasteiger partial charge in [-0.25, -0.2) is 4.98 Å². The maximum absolute atomic E-state index is 6.56. The van der Waals surface area contributed by atoms with Crippen LogP contribution in [0.5, 0.6) is 0 Å². The van der Waals surface area contributed by atoms with Crippen LogP contribution in [0.1, 0.15) is 0 Å². The third kappa shape index (κ3) is 5.70. The van der Waals surface area contributed by atoms with E-state index in [2.05, 4.69) is 161 Å². The van der Waals surface area contributed by atoms with Crippen LogP contribution in [0, 0.1) is 0 Å². The van der Waals surface area contributed by atoms with Gasteiger partial charge in [0.15, 0.2) is 11.6 Å². The Kier molecular flexibility index (Phi) is 7.71. The summed E-state index contributed by atoms with van der Waals surface area (Å²) in [6.07, 6.45) is 0. The summed E-state index contributed by atoms with van der Waals surface area (Å²) < 4.78 is 8.70. The molecule has 0 radical (unpaired) electrons. The monoisotopic (exact) mass is 731 g/mol. The van der Waals surface area contributed by atoms with Crippen LogP contribution in [0.4, 0.5) is 17.1 Å². The van der Waals surface area contributed by atoms with E-state index < -0.39 is 0 Å². The largest absolute Gasteiger partial charge is 0.456 e. The zero-order valence-corrected chi connectivity index (χ0v) is 30.7. The normalized spacial score (nSPS) is 11.5. The smallest absolute Gasteiger partial charge is 0.238 e. The van der Waals surface area contributed by atoms with E-state index in [1.54, 1.807) is 0 Å². The summed E-state index contributed by atoms with van der Waals surface area (Å²) in [6.45, 7) is 0. The van der Waals surface area contributed by atoms with Gasteiger partial charge in [0.1, 0.15) is 11.2 Å².